The van der Waals surface area contributed by atoms with Gasteiger partial charge in [0.1, 0.15) is 22.7 Å². The Morgan fingerprint density at radius 1 is 0.350 bits per heavy atom. The number of para-hydroxylation sites is 4. The Morgan fingerprint density at radius 3 is 1.08 bits per heavy atom. The van der Waals surface area contributed by atoms with Crippen molar-refractivity contribution in [2.24, 2.45) is 0 Å². The van der Waals surface area contributed by atoms with E-state index in [-0.39, 0.29) is 11.6 Å². The van der Waals surface area contributed by atoms with Crippen LogP contribution in [-0.4, -0.2) is 9.97 Å². The second kappa shape index (κ2) is 14.4. The van der Waals surface area contributed by atoms with E-state index in [2.05, 4.69) is 68.3 Å². The van der Waals surface area contributed by atoms with Crippen molar-refractivity contribution < 1.29 is 17.6 Å². The number of oxazole rings is 2. The maximum atomic E-state index is 14.2. The molecule has 0 atom stereocenters. The lowest BCUT2D eigenvalue weighted by Crippen LogP contribution is -2.10. The standard InChI is InChI=1S/C52H32F2N4O2/c53-37-15-23-41(24-16-37)57(39-19-11-33(12-20-39)51-55-47-5-1-3-7-49(47)59-51)43-27-29-45-35(31-43)9-10-36-32-44(28-30-46(36)45)58(42-25-17-38(54)18-26-42)40-21-13-34(14-22-40)52-56-48-6-2-4-8-50(48)60-52/h1-32H. The molecule has 60 heavy (non-hydrogen) atoms. The summed E-state index contributed by atoms with van der Waals surface area (Å²) in [6.45, 7) is 0. The SMILES string of the molecule is Fc1ccc(N(c2ccc(-c3nc4ccccc4o3)cc2)c2ccc3c(ccc4cc(N(c5ccc(F)cc5)c5ccc(-c6nc7ccccc7o6)cc5)ccc43)c2)cc1. The molecule has 0 N–H and O–H groups in total. The summed E-state index contributed by atoms with van der Waals surface area (Å²) >= 11 is 0. The van der Waals surface area contributed by atoms with Gasteiger partial charge in [-0.1, -0.05) is 48.5 Å². The molecular formula is C52H32F2N4O2. The van der Waals surface area contributed by atoms with Crippen molar-refractivity contribution in [3.63, 3.8) is 0 Å². The fourth-order valence-corrected chi connectivity index (χ4v) is 7.90. The summed E-state index contributed by atoms with van der Waals surface area (Å²) in [5.74, 6) is 0.493. The number of hydrogen-bond acceptors (Lipinski definition) is 6. The number of benzene rings is 9. The normalized spacial score (nSPS) is 11.5. The van der Waals surface area contributed by atoms with E-state index in [1.807, 2.05) is 97.1 Å². The number of halogens is 2. The van der Waals surface area contributed by atoms with Gasteiger partial charge in [-0.3, -0.25) is 0 Å². The molecule has 0 saturated carbocycles. The third-order valence-electron chi connectivity index (χ3n) is 10.8. The highest BCUT2D eigenvalue weighted by molar-refractivity contribution is 6.09. The van der Waals surface area contributed by atoms with Crippen LogP contribution in [0.2, 0.25) is 0 Å². The lowest BCUT2D eigenvalue weighted by atomic mass is 10.00. The largest absolute Gasteiger partial charge is 0.436 e. The molecular weight excluding hydrogens is 751 g/mol. The van der Waals surface area contributed by atoms with Gasteiger partial charge in [0.2, 0.25) is 11.8 Å². The van der Waals surface area contributed by atoms with Gasteiger partial charge in [0.05, 0.1) is 0 Å². The Balaban J connectivity index is 0.950. The van der Waals surface area contributed by atoms with Crippen LogP contribution < -0.4 is 9.80 Å². The first-order chi connectivity index (χ1) is 29.5. The number of fused-ring (bicyclic) bond motifs is 5. The zero-order valence-electron chi connectivity index (χ0n) is 31.8. The van der Waals surface area contributed by atoms with Crippen LogP contribution in [-0.2, 0) is 0 Å². The molecule has 0 spiro atoms. The van der Waals surface area contributed by atoms with Crippen LogP contribution in [0.25, 0.3) is 66.7 Å². The van der Waals surface area contributed by atoms with E-state index in [4.69, 9.17) is 8.83 Å². The summed E-state index contributed by atoms with van der Waals surface area (Å²) in [6, 6.07) is 61.5. The van der Waals surface area contributed by atoms with Crippen molar-refractivity contribution in [1.82, 2.24) is 9.97 Å². The Labute approximate surface area is 342 Å². The van der Waals surface area contributed by atoms with E-state index >= 15 is 0 Å². The first-order valence-electron chi connectivity index (χ1n) is 19.5. The van der Waals surface area contributed by atoms with Gasteiger partial charge >= 0.3 is 0 Å². The molecule has 0 fully saturated rings. The van der Waals surface area contributed by atoms with Crippen molar-refractivity contribution in [2.75, 3.05) is 9.80 Å². The molecule has 0 saturated heterocycles. The molecule has 0 bridgehead atoms. The number of anilines is 6. The highest BCUT2D eigenvalue weighted by Gasteiger charge is 2.18. The third-order valence-corrected chi connectivity index (χ3v) is 10.8. The number of rotatable bonds is 8. The van der Waals surface area contributed by atoms with Crippen LogP contribution in [0.5, 0.6) is 0 Å². The van der Waals surface area contributed by atoms with Gasteiger partial charge in [-0.05, 0) is 167 Å². The van der Waals surface area contributed by atoms with E-state index in [9.17, 15) is 8.78 Å². The number of aromatic nitrogens is 2. The molecule has 286 valence electrons. The smallest absolute Gasteiger partial charge is 0.227 e. The lowest BCUT2D eigenvalue weighted by molar-refractivity contribution is 0.619. The monoisotopic (exact) mass is 782 g/mol. The zero-order valence-corrected chi connectivity index (χ0v) is 31.8. The molecule has 11 aromatic rings. The second-order valence-corrected chi connectivity index (χ2v) is 14.6. The van der Waals surface area contributed by atoms with Crippen molar-refractivity contribution in [3.05, 3.63) is 206 Å². The first-order valence-corrected chi connectivity index (χ1v) is 19.5. The molecule has 2 aromatic heterocycles. The summed E-state index contributed by atoms with van der Waals surface area (Å²) < 4.78 is 40.4. The molecule has 0 aliphatic heterocycles. The van der Waals surface area contributed by atoms with Crippen LogP contribution in [0, 0.1) is 11.6 Å². The van der Waals surface area contributed by atoms with Gasteiger partial charge in [0.25, 0.3) is 0 Å². The minimum absolute atomic E-state index is 0.302. The summed E-state index contributed by atoms with van der Waals surface area (Å²) in [4.78, 5) is 13.6. The van der Waals surface area contributed by atoms with Gasteiger partial charge < -0.3 is 18.6 Å². The lowest BCUT2D eigenvalue weighted by Gasteiger charge is -2.27. The van der Waals surface area contributed by atoms with E-state index in [0.717, 1.165) is 89.0 Å². The van der Waals surface area contributed by atoms with Gasteiger partial charge in [0.15, 0.2) is 11.2 Å². The van der Waals surface area contributed by atoms with Gasteiger partial charge in [-0.2, -0.15) is 0 Å². The van der Waals surface area contributed by atoms with Gasteiger partial charge in [-0.25, -0.2) is 18.7 Å². The molecule has 11 rings (SSSR count). The fraction of sp³-hybridized carbons (Fsp3) is 0. The Bertz CT molecular complexity index is 3050. The van der Waals surface area contributed by atoms with Crippen molar-refractivity contribution in [2.45, 2.75) is 0 Å². The molecule has 9 aromatic carbocycles. The molecule has 2 heterocycles. The molecule has 8 heteroatoms. The maximum absolute atomic E-state index is 14.2. The van der Waals surface area contributed by atoms with E-state index in [0.29, 0.717) is 11.8 Å². The fourth-order valence-electron chi connectivity index (χ4n) is 7.90. The minimum Gasteiger partial charge on any atom is -0.436 e. The molecule has 0 aliphatic rings. The molecule has 0 unspecified atom stereocenters. The highest BCUT2D eigenvalue weighted by Crippen LogP contribution is 2.41. The Kier molecular flexibility index (Phi) is 8.41. The van der Waals surface area contributed by atoms with Crippen LogP contribution in [0.4, 0.5) is 42.9 Å². The van der Waals surface area contributed by atoms with Crippen LogP contribution in [0.3, 0.4) is 0 Å². The number of nitrogens with zero attached hydrogens (tertiary/aromatic N) is 4. The summed E-state index contributed by atoms with van der Waals surface area (Å²) in [5.41, 5.74) is 10.1. The Morgan fingerprint density at radius 2 is 0.700 bits per heavy atom. The maximum Gasteiger partial charge on any atom is 0.227 e. The van der Waals surface area contributed by atoms with E-state index in [1.54, 1.807) is 24.3 Å². The topological polar surface area (TPSA) is 58.5 Å². The second-order valence-electron chi connectivity index (χ2n) is 14.6. The first kappa shape index (κ1) is 35.1. The van der Waals surface area contributed by atoms with Crippen LogP contribution >= 0.6 is 0 Å². The third kappa shape index (κ3) is 6.37. The minimum atomic E-state index is -0.302. The number of hydrogen-bond donors (Lipinski definition) is 0. The van der Waals surface area contributed by atoms with Gasteiger partial charge in [0, 0.05) is 45.3 Å². The van der Waals surface area contributed by atoms with Crippen molar-refractivity contribution in [3.8, 4) is 22.9 Å². The Hall–Kier alpha value is -8.10. The molecule has 6 nitrogen and oxygen atoms in total. The van der Waals surface area contributed by atoms with Crippen LogP contribution in [0.15, 0.2) is 203 Å². The highest BCUT2D eigenvalue weighted by atomic mass is 19.1. The van der Waals surface area contributed by atoms with Crippen molar-refractivity contribution in [1.29, 1.82) is 0 Å². The average molecular weight is 783 g/mol. The summed E-state index contributed by atoms with van der Waals surface area (Å²) in [7, 11) is 0. The molecule has 0 aliphatic carbocycles. The van der Waals surface area contributed by atoms with E-state index < -0.39 is 0 Å². The van der Waals surface area contributed by atoms with Gasteiger partial charge in [-0.15, -0.1) is 0 Å². The van der Waals surface area contributed by atoms with Crippen molar-refractivity contribution >= 4 is 77.9 Å². The zero-order chi connectivity index (χ0) is 40.2. The van der Waals surface area contributed by atoms with Crippen LogP contribution in [0.1, 0.15) is 0 Å². The van der Waals surface area contributed by atoms with E-state index in [1.165, 1.54) is 24.3 Å². The molecule has 0 radical (unpaired) electrons. The summed E-state index contributed by atoms with van der Waals surface area (Å²) in [5, 5.41) is 4.27. The average Bonchev–Trinajstić information content (AvgIpc) is 3.94. The summed E-state index contributed by atoms with van der Waals surface area (Å²) in [6.07, 6.45) is 0. The predicted octanol–water partition coefficient (Wildman–Crippen LogP) is 14.8. The molecule has 0 amide bonds. The predicted molar refractivity (Wildman–Crippen MR) is 237 cm³/mol. The quantitative estimate of drug-likeness (QED) is 0.143.